The molecule has 8 nitrogen and oxygen atoms in total. The molecule has 14 heteroatoms. The second kappa shape index (κ2) is 12.7. The number of aromatic nitrogens is 1. The van der Waals surface area contributed by atoms with Crippen LogP contribution in [0.2, 0.25) is 0 Å². The third kappa shape index (κ3) is 6.94. The molecule has 0 saturated carbocycles. The van der Waals surface area contributed by atoms with E-state index in [1.165, 1.54) is 33.2 Å². The molecular weight excluding hydrogens is 562 g/mol. The average molecular weight is 584 g/mol. The molecule has 0 aliphatic rings. The number of ether oxygens (including phenoxy) is 3. The highest BCUT2D eigenvalue weighted by atomic mass is 19.2. The maximum absolute atomic E-state index is 14.0. The fraction of sp³-hybridized carbons (Fsp3) is 0.259. The van der Waals surface area contributed by atoms with Gasteiger partial charge in [0.25, 0.3) is 5.91 Å². The summed E-state index contributed by atoms with van der Waals surface area (Å²) in [4.78, 5) is 41.0. The zero-order valence-electron chi connectivity index (χ0n) is 21.9. The van der Waals surface area contributed by atoms with Crippen LogP contribution in [-0.2, 0) is 14.3 Å². The molecule has 1 N–H and O–H groups in total. The molecule has 1 aromatic heterocycles. The van der Waals surface area contributed by atoms with E-state index >= 15 is 0 Å². The van der Waals surface area contributed by atoms with E-state index in [0.29, 0.717) is 24.3 Å². The summed E-state index contributed by atoms with van der Waals surface area (Å²) in [6.45, 7) is 3.46. The first-order valence-corrected chi connectivity index (χ1v) is 11.8. The predicted octanol–water partition coefficient (Wildman–Crippen LogP) is 4.73. The number of benzene rings is 2. The van der Waals surface area contributed by atoms with E-state index < -0.39 is 87.6 Å². The van der Waals surface area contributed by atoms with Crippen molar-refractivity contribution in [2.24, 2.45) is 0 Å². The summed E-state index contributed by atoms with van der Waals surface area (Å²) in [6, 6.07) is 2.01. The smallest absolute Gasteiger partial charge is 0.328 e. The van der Waals surface area contributed by atoms with Gasteiger partial charge in [-0.1, -0.05) is 0 Å². The summed E-state index contributed by atoms with van der Waals surface area (Å²) in [6.07, 6.45) is -0.278. The van der Waals surface area contributed by atoms with Crippen LogP contribution < -0.4 is 14.8 Å². The van der Waals surface area contributed by atoms with E-state index in [4.69, 9.17) is 14.2 Å². The Morgan fingerprint density at radius 1 is 0.854 bits per heavy atom. The molecule has 2 aromatic carbocycles. The van der Waals surface area contributed by atoms with E-state index in [0.717, 1.165) is 6.92 Å². The van der Waals surface area contributed by atoms with E-state index in [1.54, 1.807) is 0 Å². The minimum Gasteiger partial charge on any atom is -0.493 e. The lowest BCUT2D eigenvalue weighted by atomic mass is 9.86. The minimum atomic E-state index is -1.82. The lowest BCUT2D eigenvalue weighted by Crippen LogP contribution is -2.41. The molecule has 3 rings (SSSR count). The molecule has 0 spiro atoms. The number of methoxy groups -OCH3 is 1. The molecule has 1 heterocycles. The number of nitrogens with one attached hydrogen (secondary N) is 1. The molecule has 0 fully saturated rings. The predicted molar refractivity (Wildman–Crippen MR) is 129 cm³/mol. The van der Waals surface area contributed by atoms with Gasteiger partial charge in [-0.25, -0.2) is 36.1 Å². The fourth-order valence-corrected chi connectivity index (χ4v) is 3.92. The van der Waals surface area contributed by atoms with E-state index in [-0.39, 0.29) is 11.5 Å². The minimum absolute atomic E-state index is 0.00966. The van der Waals surface area contributed by atoms with Gasteiger partial charge in [0.05, 0.1) is 7.11 Å². The molecular formula is C27H22F6N2O6. The topological polar surface area (TPSA) is 104 Å². The van der Waals surface area contributed by atoms with Crippen molar-refractivity contribution >= 4 is 17.8 Å². The van der Waals surface area contributed by atoms with Gasteiger partial charge in [0.1, 0.15) is 12.1 Å². The van der Waals surface area contributed by atoms with E-state index in [9.17, 15) is 40.7 Å². The number of rotatable bonds is 9. The lowest BCUT2D eigenvalue weighted by Gasteiger charge is -2.27. The zero-order valence-corrected chi connectivity index (χ0v) is 21.9. The summed E-state index contributed by atoms with van der Waals surface area (Å²) in [5, 5.41) is 2.27. The van der Waals surface area contributed by atoms with Crippen molar-refractivity contribution in [3.05, 3.63) is 88.3 Å². The number of hydrogen-bond acceptors (Lipinski definition) is 7. The van der Waals surface area contributed by atoms with Crippen molar-refractivity contribution in [2.75, 3.05) is 7.11 Å². The highest BCUT2D eigenvalue weighted by Gasteiger charge is 2.31. The summed E-state index contributed by atoms with van der Waals surface area (Å²) in [7, 11) is 1.25. The van der Waals surface area contributed by atoms with Crippen LogP contribution in [-0.4, -0.2) is 42.1 Å². The Bertz CT molecular complexity index is 1400. The normalized spacial score (nSPS) is 12.5. The van der Waals surface area contributed by atoms with Gasteiger partial charge in [-0.15, -0.1) is 0 Å². The Kier molecular flexibility index (Phi) is 9.58. The van der Waals surface area contributed by atoms with Crippen LogP contribution in [0.15, 0.2) is 36.5 Å². The summed E-state index contributed by atoms with van der Waals surface area (Å²) in [5.74, 6) is -14.9. The van der Waals surface area contributed by atoms with Crippen LogP contribution in [0.1, 0.15) is 48.3 Å². The Morgan fingerprint density at radius 3 is 1.78 bits per heavy atom. The standard InChI is InChI=1S/C27H22F6N2O6/c1-11(35-26(37)24-25(41-13(3)36)20(39-4)5-6-34-24)27(38)40-12(2)21(14-7-16(28)22(32)17(29)8-14)15-9-18(30)23(33)19(31)10-15/h5-12,21H,1-4H3,(H,35,37)/t11-,12-/m0/s1. The maximum atomic E-state index is 14.0. The van der Waals surface area contributed by atoms with Gasteiger partial charge in [-0.3, -0.25) is 9.59 Å². The van der Waals surface area contributed by atoms with Crippen LogP contribution in [0.4, 0.5) is 26.3 Å². The molecule has 41 heavy (non-hydrogen) atoms. The van der Waals surface area contributed by atoms with Crippen LogP contribution in [0.25, 0.3) is 0 Å². The average Bonchev–Trinajstić information content (AvgIpc) is 2.89. The number of pyridine rings is 1. The maximum Gasteiger partial charge on any atom is 0.328 e. The van der Waals surface area contributed by atoms with Gasteiger partial charge >= 0.3 is 11.9 Å². The molecule has 0 radical (unpaired) electrons. The molecule has 0 aliphatic carbocycles. The van der Waals surface area contributed by atoms with Crippen molar-refractivity contribution in [1.29, 1.82) is 0 Å². The van der Waals surface area contributed by atoms with Gasteiger partial charge in [-0.2, -0.15) is 0 Å². The van der Waals surface area contributed by atoms with E-state index in [1.807, 2.05) is 0 Å². The van der Waals surface area contributed by atoms with Crippen LogP contribution in [0.3, 0.4) is 0 Å². The molecule has 218 valence electrons. The number of esters is 2. The molecule has 0 aliphatic heterocycles. The number of halogens is 6. The molecule has 0 saturated heterocycles. The number of nitrogens with zero attached hydrogens (tertiary/aromatic N) is 1. The highest BCUT2D eigenvalue weighted by molar-refractivity contribution is 5.98. The SMILES string of the molecule is COc1ccnc(C(=O)N[C@@H](C)C(=O)O[C@@H](C)C(c2cc(F)c(F)c(F)c2)c2cc(F)c(F)c(F)c2)c1OC(C)=O. The third-order valence-corrected chi connectivity index (χ3v) is 5.75. The molecule has 1 amide bonds. The number of hydrogen-bond donors (Lipinski definition) is 1. The van der Waals surface area contributed by atoms with Crippen LogP contribution >= 0.6 is 0 Å². The van der Waals surface area contributed by atoms with Crippen molar-refractivity contribution in [2.45, 2.75) is 38.8 Å². The van der Waals surface area contributed by atoms with Crippen molar-refractivity contribution in [3.63, 3.8) is 0 Å². The zero-order chi connectivity index (χ0) is 30.6. The number of amides is 1. The molecule has 3 aromatic rings. The quantitative estimate of drug-likeness (QED) is 0.220. The van der Waals surface area contributed by atoms with Gasteiger partial charge in [0.15, 0.2) is 46.3 Å². The fourth-order valence-electron chi connectivity index (χ4n) is 3.92. The summed E-state index contributed by atoms with van der Waals surface area (Å²) in [5.41, 5.74) is -1.20. The Labute approximate surface area is 229 Å². The highest BCUT2D eigenvalue weighted by Crippen LogP contribution is 2.34. The lowest BCUT2D eigenvalue weighted by molar-refractivity contribution is -0.150. The van der Waals surface area contributed by atoms with Crippen LogP contribution in [0, 0.1) is 34.9 Å². The van der Waals surface area contributed by atoms with Crippen molar-refractivity contribution < 1.29 is 54.9 Å². The van der Waals surface area contributed by atoms with Crippen LogP contribution in [0.5, 0.6) is 11.5 Å². The van der Waals surface area contributed by atoms with Gasteiger partial charge in [0, 0.05) is 25.1 Å². The molecule has 0 bridgehead atoms. The Hall–Kier alpha value is -4.62. The Balaban J connectivity index is 1.90. The van der Waals surface area contributed by atoms with E-state index in [2.05, 4.69) is 10.3 Å². The second-order valence-electron chi connectivity index (χ2n) is 8.70. The molecule has 2 atom stereocenters. The summed E-state index contributed by atoms with van der Waals surface area (Å²) < 4.78 is 98.7. The monoisotopic (exact) mass is 584 g/mol. The third-order valence-electron chi connectivity index (χ3n) is 5.75. The summed E-state index contributed by atoms with van der Waals surface area (Å²) >= 11 is 0. The van der Waals surface area contributed by atoms with Crippen molar-refractivity contribution in [1.82, 2.24) is 10.3 Å². The molecule has 0 unspecified atom stereocenters. The first-order chi connectivity index (χ1) is 19.2. The van der Waals surface area contributed by atoms with Gasteiger partial charge in [-0.05, 0) is 49.2 Å². The first-order valence-electron chi connectivity index (χ1n) is 11.8. The first kappa shape index (κ1) is 30.9. The van der Waals surface area contributed by atoms with Gasteiger partial charge in [0.2, 0.25) is 5.75 Å². The number of carbonyl (C=O) groups is 3. The largest absolute Gasteiger partial charge is 0.493 e. The second-order valence-corrected chi connectivity index (χ2v) is 8.70. The van der Waals surface area contributed by atoms with Gasteiger partial charge < -0.3 is 19.5 Å². The Morgan fingerprint density at radius 2 is 1.34 bits per heavy atom. The number of carbonyl (C=O) groups excluding carboxylic acids is 3. The van der Waals surface area contributed by atoms with Crippen molar-refractivity contribution in [3.8, 4) is 11.5 Å².